The topological polar surface area (TPSA) is 55.1 Å². The highest BCUT2D eigenvalue weighted by Crippen LogP contribution is 2.36. The maximum atomic E-state index is 13.8. The zero-order valence-corrected chi connectivity index (χ0v) is 13.0. The van der Waals surface area contributed by atoms with E-state index in [9.17, 15) is 9.18 Å². The van der Waals surface area contributed by atoms with E-state index in [1.165, 1.54) is 17.4 Å². The van der Waals surface area contributed by atoms with Gasteiger partial charge in [0.2, 0.25) is 0 Å². The fourth-order valence-corrected chi connectivity index (χ4v) is 4.14. The molecule has 1 amide bonds. The molecule has 3 rings (SSSR count). The van der Waals surface area contributed by atoms with Crippen molar-refractivity contribution in [2.45, 2.75) is 32.7 Å². The van der Waals surface area contributed by atoms with Crippen LogP contribution in [0.3, 0.4) is 0 Å². The van der Waals surface area contributed by atoms with Crippen molar-refractivity contribution in [1.82, 2.24) is 5.32 Å². The zero-order chi connectivity index (χ0) is 15.1. The van der Waals surface area contributed by atoms with Gasteiger partial charge in [0.25, 0.3) is 5.91 Å². The lowest BCUT2D eigenvalue weighted by Crippen LogP contribution is -2.37. The molecule has 1 aromatic carbocycles. The number of nitrogens with two attached hydrogens (primary N) is 1. The Morgan fingerprint density at radius 2 is 2.14 bits per heavy atom. The second-order valence-electron chi connectivity index (χ2n) is 5.95. The predicted octanol–water partition coefficient (Wildman–Crippen LogP) is 3.79. The number of anilines is 1. The van der Waals surface area contributed by atoms with Crippen LogP contribution in [0.4, 0.5) is 10.1 Å². The largest absolute Gasteiger partial charge is 0.397 e. The molecule has 1 heterocycles. The molecule has 112 valence electrons. The highest BCUT2D eigenvalue weighted by molar-refractivity contribution is 7.21. The van der Waals surface area contributed by atoms with Gasteiger partial charge in [-0.05, 0) is 36.8 Å². The summed E-state index contributed by atoms with van der Waals surface area (Å²) in [5.74, 6) is 0.524. The molecule has 1 saturated carbocycles. The number of hydrogen-bond acceptors (Lipinski definition) is 3. The minimum atomic E-state index is -0.372. The average Bonchev–Trinajstić information content (AvgIpc) is 2.95. The molecular formula is C16H19FN2OS. The molecule has 0 bridgehead atoms. The Hall–Kier alpha value is -1.62. The van der Waals surface area contributed by atoms with E-state index >= 15 is 0 Å². The quantitative estimate of drug-likeness (QED) is 0.887. The molecule has 1 fully saturated rings. The number of halogens is 1. The molecule has 21 heavy (non-hydrogen) atoms. The van der Waals surface area contributed by atoms with Gasteiger partial charge in [0, 0.05) is 10.7 Å². The molecule has 1 aliphatic rings. The lowest BCUT2D eigenvalue weighted by Gasteiger charge is -2.19. The molecule has 0 radical (unpaired) electrons. The first kappa shape index (κ1) is 14.3. The van der Waals surface area contributed by atoms with Crippen LogP contribution in [-0.2, 0) is 0 Å². The van der Waals surface area contributed by atoms with Gasteiger partial charge in [-0.25, -0.2) is 4.39 Å². The van der Waals surface area contributed by atoms with Gasteiger partial charge in [0.05, 0.1) is 11.1 Å². The van der Waals surface area contributed by atoms with Gasteiger partial charge < -0.3 is 11.1 Å². The van der Waals surface area contributed by atoms with Crippen molar-refractivity contribution in [1.29, 1.82) is 0 Å². The predicted molar refractivity (Wildman–Crippen MR) is 85.0 cm³/mol. The lowest BCUT2D eigenvalue weighted by atomic mass is 9.98. The maximum absolute atomic E-state index is 13.8. The Labute approximate surface area is 127 Å². The molecule has 3 unspecified atom stereocenters. The summed E-state index contributed by atoms with van der Waals surface area (Å²) in [5.41, 5.74) is 6.24. The van der Waals surface area contributed by atoms with Crippen LogP contribution in [0.2, 0.25) is 0 Å². The van der Waals surface area contributed by atoms with E-state index in [0.29, 0.717) is 26.8 Å². The van der Waals surface area contributed by atoms with Gasteiger partial charge in [0.1, 0.15) is 10.7 Å². The summed E-state index contributed by atoms with van der Waals surface area (Å²) in [4.78, 5) is 12.9. The van der Waals surface area contributed by atoms with Crippen LogP contribution in [0.15, 0.2) is 18.2 Å². The molecule has 0 saturated heterocycles. The number of amides is 1. The number of benzene rings is 1. The van der Waals surface area contributed by atoms with Gasteiger partial charge in [-0.1, -0.05) is 19.9 Å². The molecule has 1 aliphatic carbocycles. The Bertz CT molecular complexity index is 697. The number of carbonyl (C=O) groups excluding carboxylic acids is 1. The molecule has 2 aromatic rings. The van der Waals surface area contributed by atoms with Crippen LogP contribution >= 0.6 is 11.3 Å². The second kappa shape index (κ2) is 5.30. The van der Waals surface area contributed by atoms with Crippen LogP contribution < -0.4 is 11.1 Å². The summed E-state index contributed by atoms with van der Waals surface area (Å²) in [5, 5.41) is 3.43. The number of thiophene rings is 1. The first-order valence-electron chi connectivity index (χ1n) is 7.26. The minimum Gasteiger partial charge on any atom is -0.397 e. The van der Waals surface area contributed by atoms with Gasteiger partial charge >= 0.3 is 0 Å². The SMILES string of the molecule is CC1CCC(NC(=O)c2sc3cccc(F)c3c2N)C1C. The standard InChI is InChI=1S/C16H19FN2OS/c1-8-6-7-11(9(8)2)19-16(20)15-14(18)13-10(17)4-3-5-12(13)21-15/h3-5,8-9,11H,6-7,18H2,1-2H3,(H,19,20). The van der Waals surface area contributed by atoms with E-state index in [2.05, 4.69) is 19.2 Å². The van der Waals surface area contributed by atoms with E-state index in [0.717, 1.165) is 12.8 Å². The molecular weight excluding hydrogens is 287 g/mol. The first-order valence-corrected chi connectivity index (χ1v) is 8.08. The Morgan fingerprint density at radius 1 is 1.38 bits per heavy atom. The van der Waals surface area contributed by atoms with Crippen molar-refractivity contribution in [3.05, 3.63) is 28.9 Å². The van der Waals surface area contributed by atoms with Gasteiger partial charge in [-0.2, -0.15) is 0 Å². The summed E-state index contributed by atoms with van der Waals surface area (Å²) in [6, 6.07) is 4.97. The number of hydrogen-bond donors (Lipinski definition) is 2. The molecule has 0 spiro atoms. The second-order valence-corrected chi connectivity index (χ2v) is 7.00. The summed E-state index contributed by atoms with van der Waals surface area (Å²) in [6.07, 6.45) is 2.12. The van der Waals surface area contributed by atoms with E-state index in [1.54, 1.807) is 12.1 Å². The van der Waals surface area contributed by atoms with Crippen LogP contribution in [0.1, 0.15) is 36.4 Å². The molecule has 3 N–H and O–H groups in total. The van der Waals surface area contributed by atoms with Gasteiger partial charge in [-0.3, -0.25) is 4.79 Å². The van der Waals surface area contributed by atoms with Crippen molar-refractivity contribution >= 4 is 33.0 Å². The third-order valence-electron chi connectivity index (χ3n) is 4.69. The maximum Gasteiger partial charge on any atom is 0.263 e. The Morgan fingerprint density at radius 3 is 2.76 bits per heavy atom. The molecule has 3 atom stereocenters. The molecule has 1 aromatic heterocycles. The van der Waals surface area contributed by atoms with Crippen molar-refractivity contribution in [2.24, 2.45) is 11.8 Å². The van der Waals surface area contributed by atoms with E-state index in [1.807, 2.05) is 0 Å². The van der Waals surface area contributed by atoms with E-state index in [-0.39, 0.29) is 23.5 Å². The number of nitrogens with one attached hydrogen (secondary N) is 1. The normalized spacial score (nSPS) is 25.4. The van der Waals surface area contributed by atoms with Gasteiger partial charge in [0.15, 0.2) is 0 Å². The monoisotopic (exact) mass is 306 g/mol. The average molecular weight is 306 g/mol. The third-order valence-corrected chi connectivity index (χ3v) is 5.86. The first-order chi connectivity index (χ1) is 9.99. The Balaban J connectivity index is 1.89. The third kappa shape index (κ3) is 2.39. The Kier molecular flexibility index (Phi) is 3.61. The van der Waals surface area contributed by atoms with Crippen LogP contribution in [-0.4, -0.2) is 11.9 Å². The summed E-state index contributed by atoms with van der Waals surface area (Å²) < 4.78 is 14.6. The van der Waals surface area contributed by atoms with Crippen LogP contribution in [0.5, 0.6) is 0 Å². The molecule has 0 aliphatic heterocycles. The summed E-state index contributed by atoms with van der Waals surface area (Å²) in [7, 11) is 0. The fourth-order valence-electron chi connectivity index (χ4n) is 3.10. The smallest absolute Gasteiger partial charge is 0.263 e. The minimum absolute atomic E-state index is 0.181. The summed E-state index contributed by atoms with van der Waals surface area (Å²) in [6.45, 7) is 4.37. The lowest BCUT2D eigenvalue weighted by molar-refractivity contribution is 0.0932. The number of carbonyl (C=O) groups is 1. The van der Waals surface area contributed by atoms with E-state index in [4.69, 9.17) is 5.73 Å². The van der Waals surface area contributed by atoms with Crippen molar-refractivity contribution < 1.29 is 9.18 Å². The summed E-state index contributed by atoms with van der Waals surface area (Å²) >= 11 is 1.25. The highest BCUT2D eigenvalue weighted by atomic mass is 32.1. The van der Waals surface area contributed by atoms with Crippen molar-refractivity contribution in [3.8, 4) is 0 Å². The van der Waals surface area contributed by atoms with Crippen molar-refractivity contribution in [2.75, 3.05) is 5.73 Å². The highest BCUT2D eigenvalue weighted by Gasteiger charge is 2.31. The van der Waals surface area contributed by atoms with Gasteiger partial charge in [-0.15, -0.1) is 11.3 Å². The molecule has 3 nitrogen and oxygen atoms in total. The number of fused-ring (bicyclic) bond motifs is 1. The van der Waals surface area contributed by atoms with Crippen LogP contribution in [0.25, 0.3) is 10.1 Å². The molecule has 5 heteroatoms. The fraction of sp³-hybridized carbons (Fsp3) is 0.438. The number of rotatable bonds is 2. The van der Waals surface area contributed by atoms with Crippen LogP contribution in [0, 0.1) is 17.7 Å². The number of nitrogen functional groups attached to an aromatic ring is 1. The van der Waals surface area contributed by atoms with Crippen molar-refractivity contribution in [3.63, 3.8) is 0 Å². The van der Waals surface area contributed by atoms with E-state index < -0.39 is 0 Å². The zero-order valence-electron chi connectivity index (χ0n) is 12.2.